The van der Waals surface area contributed by atoms with Crippen LogP contribution in [0.25, 0.3) is 0 Å². The lowest BCUT2D eigenvalue weighted by Crippen LogP contribution is -1.98. The average Bonchev–Trinajstić information content (AvgIpc) is 2.82. The molecule has 0 aliphatic carbocycles. The van der Waals surface area contributed by atoms with Crippen molar-refractivity contribution in [3.05, 3.63) is 51.9 Å². The molecule has 1 heterocycles. The van der Waals surface area contributed by atoms with Crippen LogP contribution in [-0.4, -0.2) is 6.61 Å². The highest BCUT2D eigenvalue weighted by molar-refractivity contribution is 9.10. The van der Waals surface area contributed by atoms with Crippen LogP contribution in [0.4, 0.5) is 0 Å². The molecule has 19 heavy (non-hydrogen) atoms. The number of hydrogen-bond acceptors (Lipinski definition) is 2. The molecule has 0 fully saturated rings. The Morgan fingerprint density at radius 3 is 2.68 bits per heavy atom. The molecule has 2 aromatic rings. The van der Waals surface area contributed by atoms with E-state index in [2.05, 4.69) is 50.9 Å². The Kier molecular flexibility index (Phi) is 5.11. The van der Waals surface area contributed by atoms with Gasteiger partial charge in [0, 0.05) is 0 Å². The molecule has 0 saturated carbocycles. The fourth-order valence-corrected chi connectivity index (χ4v) is 3.06. The van der Waals surface area contributed by atoms with Crippen LogP contribution >= 0.6 is 31.9 Å². The number of alkyl halides is 1. The highest BCUT2D eigenvalue weighted by Gasteiger charge is 2.17. The van der Waals surface area contributed by atoms with Crippen molar-refractivity contribution < 1.29 is 9.15 Å². The van der Waals surface area contributed by atoms with Gasteiger partial charge in [-0.2, -0.15) is 0 Å². The van der Waals surface area contributed by atoms with Gasteiger partial charge in [0.1, 0.15) is 11.5 Å². The van der Waals surface area contributed by atoms with Gasteiger partial charge in [-0.15, -0.1) is 0 Å². The van der Waals surface area contributed by atoms with Crippen molar-refractivity contribution >= 4 is 31.9 Å². The van der Waals surface area contributed by atoms with Gasteiger partial charge in [0.15, 0.2) is 0 Å². The summed E-state index contributed by atoms with van der Waals surface area (Å²) in [5.74, 6) is 1.82. The van der Waals surface area contributed by atoms with Gasteiger partial charge in [-0.25, -0.2) is 0 Å². The largest absolute Gasteiger partial charge is 0.492 e. The summed E-state index contributed by atoms with van der Waals surface area (Å²) in [5.41, 5.74) is 2.28. The Morgan fingerprint density at radius 1 is 1.32 bits per heavy atom. The van der Waals surface area contributed by atoms with Crippen molar-refractivity contribution in [3.63, 3.8) is 0 Å². The highest BCUT2D eigenvalue weighted by atomic mass is 79.9. The molecule has 1 aromatic carbocycles. The van der Waals surface area contributed by atoms with Gasteiger partial charge in [-0.1, -0.05) is 28.9 Å². The third-order valence-corrected chi connectivity index (χ3v) is 4.41. The van der Waals surface area contributed by atoms with Crippen molar-refractivity contribution in [2.75, 3.05) is 6.61 Å². The Morgan fingerprint density at radius 2 is 2.11 bits per heavy atom. The number of ether oxygens (including phenoxy) is 1. The second kappa shape index (κ2) is 6.62. The van der Waals surface area contributed by atoms with E-state index in [9.17, 15) is 0 Å². The maximum absolute atomic E-state index is 5.65. The molecular weight excluding hydrogens is 372 g/mol. The van der Waals surface area contributed by atoms with Gasteiger partial charge < -0.3 is 9.15 Å². The monoisotopic (exact) mass is 386 g/mol. The first-order chi connectivity index (χ1) is 9.13. The van der Waals surface area contributed by atoms with Gasteiger partial charge >= 0.3 is 0 Å². The minimum Gasteiger partial charge on any atom is -0.492 e. The molecule has 102 valence electrons. The number of hydrogen-bond donors (Lipinski definition) is 0. The SMILES string of the molecule is CCCOc1ccc(C(Br)c2occc2C)cc1Br. The molecule has 0 saturated heterocycles. The maximum atomic E-state index is 5.65. The van der Waals surface area contributed by atoms with Gasteiger partial charge in [0.05, 0.1) is 22.2 Å². The van der Waals surface area contributed by atoms with Crippen molar-refractivity contribution in [2.45, 2.75) is 25.1 Å². The van der Waals surface area contributed by atoms with E-state index in [-0.39, 0.29) is 4.83 Å². The van der Waals surface area contributed by atoms with Crippen molar-refractivity contribution in [2.24, 2.45) is 0 Å². The fourth-order valence-electron chi connectivity index (χ4n) is 1.80. The van der Waals surface area contributed by atoms with E-state index in [1.165, 1.54) is 0 Å². The summed E-state index contributed by atoms with van der Waals surface area (Å²) in [4.78, 5) is 0.0547. The molecule has 0 spiro atoms. The van der Waals surface area contributed by atoms with Crippen molar-refractivity contribution in [1.29, 1.82) is 0 Å². The third kappa shape index (κ3) is 3.42. The topological polar surface area (TPSA) is 22.4 Å². The first kappa shape index (κ1) is 14.7. The molecule has 2 rings (SSSR count). The van der Waals surface area contributed by atoms with Crippen molar-refractivity contribution in [3.8, 4) is 5.75 Å². The van der Waals surface area contributed by atoms with Crippen LogP contribution in [0.5, 0.6) is 5.75 Å². The second-order valence-electron chi connectivity index (χ2n) is 4.37. The molecule has 0 amide bonds. The van der Waals surface area contributed by atoms with Gasteiger partial charge in [0.25, 0.3) is 0 Å². The third-order valence-electron chi connectivity index (χ3n) is 2.84. The van der Waals surface area contributed by atoms with E-state index in [0.29, 0.717) is 0 Å². The summed E-state index contributed by atoms with van der Waals surface area (Å²) in [5, 5.41) is 0. The predicted molar refractivity (Wildman–Crippen MR) is 84.1 cm³/mol. The van der Waals surface area contributed by atoms with Crippen LogP contribution in [-0.2, 0) is 0 Å². The van der Waals surface area contributed by atoms with Gasteiger partial charge in [-0.3, -0.25) is 0 Å². The highest BCUT2D eigenvalue weighted by Crippen LogP contribution is 2.36. The molecule has 1 unspecified atom stereocenters. The minimum atomic E-state index is 0.0547. The zero-order chi connectivity index (χ0) is 13.8. The Bertz CT molecular complexity index is 549. The van der Waals surface area contributed by atoms with Crippen LogP contribution in [0.15, 0.2) is 39.4 Å². The summed E-state index contributed by atoms with van der Waals surface area (Å²) < 4.78 is 12.1. The van der Waals surface area contributed by atoms with Crippen LogP contribution < -0.4 is 4.74 Å². The first-order valence-electron chi connectivity index (χ1n) is 6.23. The van der Waals surface area contributed by atoms with E-state index in [4.69, 9.17) is 9.15 Å². The minimum absolute atomic E-state index is 0.0547. The zero-order valence-electron chi connectivity index (χ0n) is 11.0. The molecule has 1 aromatic heterocycles. The predicted octanol–water partition coefficient (Wildman–Crippen LogP) is 5.62. The summed E-state index contributed by atoms with van der Waals surface area (Å²) in [6.07, 6.45) is 2.72. The molecule has 0 aliphatic heterocycles. The summed E-state index contributed by atoms with van der Waals surface area (Å²) >= 11 is 7.23. The van der Waals surface area contributed by atoms with Crippen LogP contribution in [0, 0.1) is 6.92 Å². The molecule has 0 bridgehead atoms. The molecule has 1 atom stereocenters. The maximum Gasteiger partial charge on any atom is 0.133 e. The summed E-state index contributed by atoms with van der Waals surface area (Å²) in [6.45, 7) is 4.87. The number of furan rings is 1. The quantitative estimate of drug-likeness (QED) is 0.621. The summed E-state index contributed by atoms with van der Waals surface area (Å²) in [6, 6.07) is 8.07. The molecule has 2 nitrogen and oxygen atoms in total. The van der Waals surface area contributed by atoms with E-state index < -0.39 is 0 Å². The zero-order valence-corrected chi connectivity index (χ0v) is 14.1. The Labute approximate surface area is 130 Å². The average molecular weight is 388 g/mol. The number of halogens is 2. The van der Waals surface area contributed by atoms with E-state index >= 15 is 0 Å². The first-order valence-corrected chi connectivity index (χ1v) is 7.94. The van der Waals surface area contributed by atoms with E-state index in [0.717, 1.165) is 40.1 Å². The lowest BCUT2D eigenvalue weighted by atomic mass is 10.1. The van der Waals surface area contributed by atoms with E-state index in [1.807, 2.05) is 19.1 Å². The van der Waals surface area contributed by atoms with Crippen LogP contribution in [0.1, 0.15) is 35.1 Å². The van der Waals surface area contributed by atoms with Crippen molar-refractivity contribution in [1.82, 2.24) is 0 Å². The standard InChI is InChI=1S/C15H16Br2O2/c1-3-7-18-13-5-4-11(9-12(13)16)14(17)15-10(2)6-8-19-15/h4-6,8-9,14H,3,7H2,1-2H3. The van der Waals surface area contributed by atoms with Crippen LogP contribution in [0.3, 0.4) is 0 Å². The lowest BCUT2D eigenvalue weighted by molar-refractivity contribution is 0.315. The number of aryl methyl sites for hydroxylation is 1. The lowest BCUT2D eigenvalue weighted by Gasteiger charge is -2.12. The smallest absolute Gasteiger partial charge is 0.133 e. The van der Waals surface area contributed by atoms with Gasteiger partial charge in [-0.05, 0) is 58.6 Å². The molecule has 4 heteroatoms. The molecule has 0 aliphatic rings. The number of rotatable bonds is 5. The molecular formula is C15H16Br2O2. The number of benzene rings is 1. The second-order valence-corrected chi connectivity index (χ2v) is 6.14. The van der Waals surface area contributed by atoms with E-state index in [1.54, 1.807) is 6.26 Å². The summed E-state index contributed by atoms with van der Waals surface area (Å²) in [7, 11) is 0. The van der Waals surface area contributed by atoms with Crippen LogP contribution in [0.2, 0.25) is 0 Å². The molecule has 0 radical (unpaired) electrons. The fraction of sp³-hybridized carbons (Fsp3) is 0.333. The van der Waals surface area contributed by atoms with Gasteiger partial charge in [0.2, 0.25) is 0 Å². The normalized spacial score (nSPS) is 12.4. The molecule has 0 N–H and O–H groups in total. The Hall–Kier alpha value is -0.740. The Balaban J connectivity index is 2.22.